The molecule has 2 rings (SSSR count). The summed E-state index contributed by atoms with van der Waals surface area (Å²) < 4.78 is 4.98. The van der Waals surface area contributed by atoms with E-state index < -0.39 is 0 Å². The van der Waals surface area contributed by atoms with Crippen molar-refractivity contribution in [2.45, 2.75) is 25.8 Å². The monoisotopic (exact) mass is 234 g/mol. The number of hydrogen-bond acceptors (Lipinski definition) is 4. The smallest absolute Gasteiger partial charge is 0.340 e. The SMILES string of the molecule is CCOC(=O)c1cccc(N(C)C2CC2)c1N. The van der Waals surface area contributed by atoms with Crippen LogP contribution in [0.1, 0.15) is 30.1 Å². The second-order valence-electron chi connectivity index (χ2n) is 4.30. The maximum absolute atomic E-state index is 11.7. The van der Waals surface area contributed by atoms with Crippen molar-refractivity contribution in [2.24, 2.45) is 0 Å². The number of para-hydroxylation sites is 1. The number of hydrogen-bond donors (Lipinski definition) is 1. The first-order chi connectivity index (χ1) is 8.15. The third kappa shape index (κ3) is 2.35. The topological polar surface area (TPSA) is 55.6 Å². The summed E-state index contributed by atoms with van der Waals surface area (Å²) in [5.74, 6) is -0.351. The van der Waals surface area contributed by atoms with E-state index >= 15 is 0 Å². The normalized spacial score (nSPS) is 14.5. The lowest BCUT2D eigenvalue weighted by atomic mass is 10.1. The third-order valence-electron chi connectivity index (χ3n) is 3.05. The lowest BCUT2D eigenvalue weighted by molar-refractivity contribution is 0.0527. The minimum Gasteiger partial charge on any atom is -0.462 e. The molecular weight excluding hydrogens is 216 g/mol. The molecule has 1 aliphatic rings. The number of anilines is 2. The molecule has 1 aromatic rings. The Morgan fingerprint density at radius 1 is 1.53 bits per heavy atom. The Kier molecular flexibility index (Phi) is 3.22. The van der Waals surface area contributed by atoms with Gasteiger partial charge in [0.25, 0.3) is 0 Å². The average molecular weight is 234 g/mol. The van der Waals surface area contributed by atoms with Crippen molar-refractivity contribution in [3.63, 3.8) is 0 Å². The minimum atomic E-state index is -0.351. The van der Waals surface area contributed by atoms with Crippen molar-refractivity contribution >= 4 is 17.3 Å². The van der Waals surface area contributed by atoms with Crippen LogP contribution in [0.2, 0.25) is 0 Å². The first-order valence-corrected chi connectivity index (χ1v) is 5.93. The van der Waals surface area contributed by atoms with Gasteiger partial charge in [-0.15, -0.1) is 0 Å². The Labute approximate surface area is 101 Å². The van der Waals surface area contributed by atoms with Gasteiger partial charge < -0.3 is 15.4 Å². The van der Waals surface area contributed by atoms with Gasteiger partial charge in [-0.1, -0.05) is 6.07 Å². The minimum absolute atomic E-state index is 0.351. The molecule has 0 saturated heterocycles. The van der Waals surface area contributed by atoms with Crippen molar-refractivity contribution < 1.29 is 9.53 Å². The number of benzene rings is 1. The second-order valence-corrected chi connectivity index (χ2v) is 4.30. The van der Waals surface area contributed by atoms with Crippen molar-refractivity contribution in [1.29, 1.82) is 0 Å². The molecule has 2 N–H and O–H groups in total. The van der Waals surface area contributed by atoms with Gasteiger partial charge in [0.1, 0.15) is 0 Å². The molecule has 92 valence electrons. The van der Waals surface area contributed by atoms with Gasteiger partial charge in [-0.2, -0.15) is 0 Å². The number of nitrogens with zero attached hydrogens (tertiary/aromatic N) is 1. The molecule has 17 heavy (non-hydrogen) atoms. The molecule has 0 spiro atoms. The van der Waals surface area contributed by atoms with Crippen LogP contribution in [0.4, 0.5) is 11.4 Å². The summed E-state index contributed by atoms with van der Waals surface area (Å²) in [5.41, 5.74) is 7.92. The lowest BCUT2D eigenvalue weighted by Crippen LogP contribution is -2.21. The number of rotatable bonds is 4. The van der Waals surface area contributed by atoms with Crippen LogP contribution in [0, 0.1) is 0 Å². The van der Waals surface area contributed by atoms with Gasteiger partial charge in [-0.05, 0) is 31.9 Å². The molecule has 0 bridgehead atoms. The predicted molar refractivity (Wildman–Crippen MR) is 68.2 cm³/mol. The summed E-state index contributed by atoms with van der Waals surface area (Å²) in [4.78, 5) is 13.8. The number of nitrogen functional groups attached to an aromatic ring is 1. The van der Waals surface area contributed by atoms with Crippen molar-refractivity contribution in [3.8, 4) is 0 Å². The third-order valence-corrected chi connectivity index (χ3v) is 3.05. The molecule has 0 unspecified atom stereocenters. The Morgan fingerprint density at radius 3 is 2.82 bits per heavy atom. The molecule has 4 heteroatoms. The Balaban J connectivity index is 2.28. The number of esters is 1. The van der Waals surface area contributed by atoms with E-state index in [1.807, 2.05) is 19.2 Å². The highest BCUT2D eigenvalue weighted by molar-refractivity contribution is 5.98. The van der Waals surface area contributed by atoms with E-state index in [0.29, 0.717) is 23.9 Å². The maximum Gasteiger partial charge on any atom is 0.340 e. The molecule has 0 radical (unpaired) electrons. The highest BCUT2D eigenvalue weighted by Gasteiger charge is 2.28. The van der Waals surface area contributed by atoms with E-state index in [9.17, 15) is 4.79 Å². The van der Waals surface area contributed by atoms with E-state index in [4.69, 9.17) is 10.5 Å². The maximum atomic E-state index is 11.7. The summed E-state index contributed by atoms with van der Waals surface area (Å²) in [7, 11) is 2.01. The summed E-state index contributed by atoms with van der Waals surface area (Å²) in [6.07, 6.45) is 2.39. The molecule has 1 fully saturated rings. The summed E-state index contributed by atoms with van der Waals surface area (Å²) in [6, 6.07) is 6.06. The molecule has 0 aromatic heterocycles. The number of carbonyl (C=O) groups excluding carboxylic acids is 1. The van der Waals surface area contributed by atoms with E-state index in [1.165, 1.54) is 12.8 Å². The predicted octanol–water partition coefficient (Wildman–Crippen LogP) is 2.04. The second kappa shape index (κ2) is 4.65. The van der Waals surface area contributed by atoms with Gasteiger partial charge in [0, 0.05) is 13.1 Å². The molecule has 0 aliphatic heterocycles. The zero-order chi connectivity index (χ0) is 12.4. The fourth-order valence-corrected chi connectivity index (χ4v) is 1.91. The summed E-state index contributed by atoms with van der Waals surface area (Å²) >= 11 is 0. The molecular formula is C13H18N2O2. The van der Waals surface area contributed by atoms with E-state index in [2.05, 4.69) is 4.90 Å². The first kappa shape index (κ1) is 11.8. The largest absolute Gasteiger partial charge is 0.462 e. The van der Waals surface area contributed by atoms with Gasteiger partial charge >= 0.3 is 5.97 Å². The van der Waals surface area contributed by atoms with Crippen molar-refractivity contribution in [3.05, 3.63) is 23.8 Å². The molecule has 1 aromatic carbocycles. The van der Waals surface area contributed by atoms with E-state index in [-0.39, 0.29) is 5.97 Å². The fraction of sp³-hybridized carbons (Fsp3) is 0.462. The Bertz CT molecular complexity index is 427. The van der Waals surface area contributed by atoms with Crippen molar-refractivity contribution in [1.82, 2.24) is 0 Å². The molecule has 0 heterocycles. The summed E-state index contributed by atoms with van der Waals surface area (Å²) in [6.45, 7) is 2.15. The van der Waals surface area contributed by atoms with Crippen LogP contribution >= 0.6 is 0 Å². The van der Waals surface area contributed by atoms with Gasteiger partial charge in [0.05, 0.1) is 23.5 Å². The first-order valence-electron chi connectivity index (χ1n) is 5.93. The molecule has 4 nitrogen and oxygen atoms in total. The average Bonchev–Trinajstić information content (AvgIpc) is 3.12. The molecule has 0 amide bonds. The molecule has 0 atom stereocenters. The van der Waals surface area contributed by atoms with Crippen LogP contribution in [-0.4, -0.2) is 25.7 Å². The van der Waals surface area contributed by atoms with Gasteiger partial charge in [0.2, 0.25) is 0 Å². The number of nitrogens with two attached hydrogens (primary N) is 1. The van der Waals surface area contributed by atoms with Crippen LogP contribution < -0.4 is 10.6 Å². The molecule has 1 aliphatic carbocycles. The van der Waals surface area contributed by atoms with Crippen LogP contribution in [0.5, 0.6) is 0 Å². The fourth-order valence-electron chi connectivity index (χ4n) is 1.91. The van der Waals surface area contributed by atoms with Crippen molar-refractivity contribution in [2.75, 3.05) is 24.3 Å². The van der Waals surface area contributed by atoms with Crippen LogP contribution in [-0.2, 0) is 4.74 Å². The quantitative estimate of drug-likeness (QED) is 0.640. The van der Waals surface area contributed by atoms with Gasteiger partial charge in [-0.3, -0.25) is 0 Å². The summed E-state index contributed by atoms with van der Waals surface area (Å²) in [5, 5.41) is 0. The Morgan fingerprint density at radius 2 is 2.24 bits per heavy atom. The van der Waals surface area contributed by atoms with Crippen LogP contribution in [0.3, 0.4) is 0 Å². The number of carbonyl (C=O) groups is 1. The molecule has 1 saturated carbocycles. The van der Waals surface area contributed by atoms with Crippen LogP contribution in [0.15, 0.2) is 18.2 Å². The standard InChI is InChI=1S/C13H18N2O2/c1-3-17-13(16)10-5-4-6-11(12(10)14)15(2)9-7-8-9/h4-6,9H,3,7-8,14H2,1-2H3. The zero-order valence-electron chi connectivity index (χ0n) is 10.3. The Hall–Kier alpha value is -1.71. The lowest BCUT2D eigenvalue weighted by Gasteiger charge is -2.21. The van der Waals surface area contributed by atoms with Gasteiger partial charge in [0.15, 0.2) is 0 Å². The van der Waals surface area contributed by atoms with E-state index in [1.54, 1.807) is 13.0 Å². The van der Waals surface area contributed by atoms with E-state index in [0.717, 1.165) is 5.69 Å². The van der Waals surface area contributed by atoms with Crippen LogP contribution in [0.25, 0.3) is 0 Å². The highest BCUT2D eigenvalue weighted by atomic mass is 16.5. The van der Waals surface area contributed by atoms with Gasteiger partial charge in [-0.25, -0.2) is 4.79 Å². The number of ether oxygens (including phenoxy) is 1. The highest BCUT2D eigenvalue weighted by Crippen LogP contribution is 2.34. The zero-order valence-corrected chi connectivity index (χ0v) is 10.3.